The molecule has 0 saturated heterocycles. The molecule has 0 aliphatic heterocycles. The summed E-state index contributed by atoms with van der Waals surface area (Å²) in [5.41, 5.74) is 2.87. The fraction of sp³-hybridized carbons (Fsp3) is 0.667. The first kappa shape index (κ1) is 36.3. The van der Waals surface area contributed by atoms with Crippen molar-refractivity contribution in [3.05, 3.63) is 46.5 Å². The molecule has 2 aromatic carbocycles. The van der Waals surface area contributed by atoms with E-state index in [1.165, 1.54) is 64.2 Å². The first-order valence-corrected chi connectivity index (χ1v) is 27.5. The van der Waals surface area contributed by atoms with Crippen LogP contribution in [0, 0.1) is 75.0 Å². The van der Waals surface area contributed by atoms with Crippen LogP contribution in [0.5, 0.6) is 11.5 Å². The summed E-state index contributed by atoms with van der Waals surface area (Å²) in [4.78, 5) is 26.3. The number of rotatable bonds is 10. The summed E-state index contributed by atoms with van der Waals surface area (Å²) in [6.07, 6.45) is 12.2. The fourth-order valence-corrected chi connectivity index (χ4v) is 21.5. The predicted molar refractivity (Wildman–Crippen MR) is 203 cm³/mol. The van der Waals surface area contributed by atoms with Gasteiger partial charge in [-0.15, -0.1) is 0 Å². The van der Waals surface area contributed by atoms with Crippen LogP contribution in [-0.2, 0) is 19.1 Å². The molecule has 51 heavy (non-hydrogen) atoms. The van der Waals surface area contributed by atoms with Gasteiger partial charge in [-0.25, -0.2) is 0 Å². The average Bonchev–Trinajstić information content (AvgIpc) is 3.06. The van der Waals surface area contributed by atoms with E-state index in [9.17, 15) is 9.59 Å². The first-order chi connectivity index (χ1) is 24.1. The van der Waals surface area contributed by atoms with Gasteiger partial charge in [-0.2, -0.15) is 0 Å². The van der Waals surface area contributed by atoms with Crippen molar-refractivity contribution in [2.45, 2.75) is 117 Å². The van der Waals surface area contributed by atoms with Crippen LogP contribution in [0.15, 0.2) is 24.3 Å². The third kappa shape index (κ3) is 6.51. The van der Waals surface area contributed by atoms with E-state index in [1.807, 2.05) is 52.0 Å². The Kier molecular flexibility index (Phi) is 9.46. The molecule has 8 saturated carbocycles. The molecular weight excluding hydrogens is 799 g/mol. The molecule has 0 N–H and O–H groups in total. The van der Waals surface area contributed by atoms with Gasteiger partial charge in [0, 0.05) is 0 Å². The monoisotopic (exact) mass is 854 g/mol. The summed E-state index contributed by atoms with van der Waals surface area (Å²) >= 11 is -3.88. The van der Waals surface area contributed by atoms with E-state index in [0.29, 0.717) is 35.2 Å². The number of halogens is 2. The number of esters is 2. The second kappa shape index (κ2) is 13.3. The summed E-state index contributed by atoms with van der Waals surface area (Å²) < 4.78 is 26.5. The molecule has 8 fully saturated rings. The Balaban J connectivity index is 0.902. The van der Waals surface area contributed by atoms with Gasteiger partial charge in [-0.3, -0.25) is 0 Å². The van der Waals surface area contributed by atoms with E-state index in [1.54, 1.807) is 0 Å². The molecule has 278 valence electrons. The van der Waals surface area contributed by atoms with E-state index in [2.05, 4.69) is 13.8 Å². The predicted octanol–water partition coefficient (Wildman–Crippen LogP) is 8.23. The fourth-order valence-electron chi connectivity index (χ4n) is 11.9. The van der Waals surface area contributed by atoms with Gasteiger partial charge >= 0.3 is 304 Å². The topological polar surface area (TPSA) is 71.1 Å². The summed E-state index contributed by atoms with van der Waals surface area (Å²) in [7, 11) is 14.8. The molecule has 8 bridgehead atoms. The van der Waals surface area contributed by atoms with Crippen molar-refractivity contribution in [2.24, 2.45) is 47.3 Å². The molecule has 0 atom stereocenters. The van der Waals surface area contributed by atoms with Gasteiger partial charge in [-0.05, 0) is 12.8 Å². The molecule has 0 amide bonds. The molecule has 8 aliphatic rings. The quantitative estimate of drug-likeness (QED) is 0.177. The number of ether oxygens (including phenoxy) is 4. The van der Waals surface area contributed by atoms with Gasteiger partial charge < -0.3 is 0 Å². The zero-order valence-electron chi connectivity index (χ0n) is 31.0. The normalized spacial score (nSPS) is 36.2. The Bertz CT molecular complexity index is 1560. The van der Waals surface area contributed by atoms with Crippen molar-refractivity contribution in [3.8, 4) is 11.5 Å². The van der Waals surface area contributed by atoms with Crippen LogP contribution in [0.3, 0.4) is 0 Å². The third-order valence-electron chi connectivity index (χ3n) is 14.4. The van der Waals surface area contributed by atoms with E-state index in [4.69, 9.17) is 36.9 Å². The van der Waals surface area contributed by atoms with Crippen molar-refractivity contribution in [1.82, 2.24) is 0 Å². The number of carbonyl (C=O) groups is 2. The summed E-state index contributed by atoms with van der Waals surface area (Å²) in [5.74, 6) is 5.83. The Labute approximate surface area is 315 Å². The summed E-state index contributed by atoms with van der Waals surface area (Å²) in [6, 6.07) is 7.94. The molecule has 0 aromatic heterocycles. The number of carbonyl (C=O) groups excluding carboxylic acids is 2. The van der Waals surface area contributed by atoms with Gasteiger partial charge in [0.1, 0.15) is 0 Å². The van der Waals surface area contributed by atoms with E-state index in [-0.39, 0.29) is 36.4 Å². The molecule has 0 heterocycles. The first-order valence-electron chi connectivity index (χ1n) is 19.3. The Hall–Kier alpha value is -1.65. The van der Waals surface area contributed by atoms with Crippen LogP contribution in [0.1, 0.15) is 100 Å². The molecule has 10 rings (SSSR count). The van der Waals surface area contributed by atoms with Crippen molar-refractivity contribution < 1.29 is 28.5 Å². The molecule has 0 unspecified atom stereocenters. The van der Waals surface area contributed by atoms with Gasteiger partial charge in [0.15, 0.2) is 0 Å². The molecule has 9 heteroatoms. The minimum atomic E-state index is -3.88. The van der Waals surface area contributed by atoms with Crippen LogP contribution in [-0.4, -0.2) is 52.3 Å². The molecule has 2 aromatic rings. The zero-order valence-corrected chi connectivity index (χ0v) is 34.9. The minimum absolute atomic E-state index is 0.120. The van der Waals surface area contributed by atoms with Crippen LogP contribution in [0.2, 0.25) is 0 Å². The third-order valence-corrected chi connectivity index (χ3v) is 24.5. The van der Waals surface area contributed by atoms with Crippen LogP contribution in [0.25, 0.3) is 0 Å². The molecule has 0 spiro atoms. The Morgan fingerprint density at radius 1 is 0.569 bits per heavy atom. The Morgan fingerprint density at radius 2 is 0.882 bits per heavy atom. The molecule has 6 nitrogen and oxygen atoms in total. The summed E-state index contributed by atoms with van der Waals surface area (Å²) in [5, 5.41) is 0. The van der Waals surface area contributed by atoms with Crippen LogP contribution >= 0.6 is 17.9 Å². The van der Waals surface area contributed by atoms with E-state index in [0.717, 1.165) is 53.1 Å². The van der Waals surface area contributed by atoms with Crippen molar-refractivity contribution in [3.63, 3.8) is 0 Å². The summed E-state index contributed by atoms with van der Waals surface area (Å²) in [6.45, 7) is 12.0. The maximum absolute atomic E-state index is 13.1. The molecule has 0 radical (unpaired) electrons. The number of aryl methyl sites for hydroxylation is 4. The van der Waals surface area contributed by atoms with Gasteiger partial charge in [0.05, 0.1) is 0 Å². The van der Waals surface area contributed by atoms with E-state index < -0.39 is 15.9 Å². The van der Waals surface area contributed by atoms with E-state index >= 15 is 0 Å². The van der Waals surface area contributed by atoms with Gasteiger partial charge in [-0.1, -0.05) is 0 Å². The van der Waals surface area contributed by atoms with Crippen LogP contribution in [0.4, 0.5) is 0 Å². The van der Waals surface area contributed by atoms with Crippen molar-refractivity contribution in [1.29, 1.82) is 0 Å². The second-order valence-corrected chi connectivity index (χ2v) is 30.2. The standard InChI is InChI=1S/C42H54Cl2O6Te/c1-23-9-37(25(3)7-35(23)47-21-39(45)49-41(5)31-13-27-11-28(15-31)16-32(41)14-27)51(43,44)38-10-24(2)36(8-26(38)4)48-22-40(46)50-42(6)33-17-29-12-30(19-33)20-34(42)18-29/h7-10,27-34H,11-22H2,1-6H3. The molecule has 8 aliphatic carbocycles. The van der Waals surface area contributed by atoms with Crippen molar-refractivity contribution in [2.75, 3.05) is 13.2 Å². The van der Waals surface area contributed by atoms with Gasteiger partial charge in [0.25, 0.3) is 0 Å². The Morgan fingerprint density at radius 3 is 1.20 bits per heavy atom. The SMILES string of the molecule is Cc1cc([Te](Cl)(Cl)c2cc(C)c(OCC(=O)OC3(C)C4CC5CC(C4)CC3C5)cc2C)c(C)cc1OCC(=O)OC1(C)C2CC3CC(C2)CC1C3. The average molecular weight is 853 g/mol. The number of hydrogen-bond donors (Lipinski definition) is 0. The second-order valence-electron chi connectivity index (χ2n) is 17.7. The maximum atomic E-state index is 13.1. The van der Waals surface area contributed by atoms with Crippen LogP contribution < -0.4 is 16.7 Å². The van der Waals surface area contributed by atoms with Gasteiger partial charge in [0.2, 0.25) is 0 Å². The van der Waals surface area contributed by atoms with Crippen molar-refractivity contribution >= 4 is 53.0 Å². The number of benzene rings is 2. The molecular formula is C42H54Cl2O6Te. The zero-order chi connectivity index (χ0) is 36.0. The number of hydrogen-bond acceptors (Lipinski definition) is 6.